The Morgan fingerprint density at radius 3 is 2.87 bits per heavy atom. The van der Waals surface area contributed by atoms with Gasteiger partial charge in [0.25, 0.3) is 5.91 Å². The van der Waals surface area contributed by atoms with Crippen LogP contribution in [0.25, 0.3) is 11.0 Å². The Morgan fingerprint density at radius 2 is 2.27 bits per heavy atom. The van der Waals surface area contributed by atoms with Crippen molar-refractivity contribution in [2.75, 3.05) is 0 Å². The minimum absolute atomic E-state index is 0.191. The van der Waals surface area contributed by atoms with Crippen molar-refractivity contribution in [3.8, 4) is 0 Å². The van der Waals surface area contributed by atoms with Gasteiger partial charge >= 0.3 is 0 Å². The predicted molar refractivity (Wildman–Crippen MR) is 56.6 cm³/mol. The first-order valence-electron chi connectivity index (χ1n) is 4.77. The standard InChI is InChI=1S/C11H12N2O2/c1-6(2)9-7-3-4-13-5-8(7)15-10(9)11(12)14/h3-6H,1-2H3,(H2,12,14). The van der Waals surface area contributed by atoms with Crippen LogP contribution in [0.3, 0.4) is 0 Å². The number of furan rings is 1. The summed E-state index contributed by atoms with van der Waals surface area (Å²) in [6.45, 7) is 3.99. The molecule has 2 aromatic heterocycles. The van der Waals surface area contributed by atoms with Gasteiger partial charge in [-0.05, 0) is 12.0 Å². The maximum Gasteiger partial charge on any atom is 0.284 e. The first-order chi connectivity index (χ1) is 7.11. The molecule has 0 radical (unpaired) electrons. The van der Waals surface area contributed by atoms with E-state index in [2.05, 4.69) is 4.98 Å². The molecule has 0 aliphatic rings. The van der Waals surface area contributed by atoms with Gasteiger partial charge in [0, 0.05) is 17.1 Å². The summed E-state index contributed by atoms with van der Waals surface area (Å²) in [5.74, 6) is -0.0981. The fourth-order valence-corrected chi connectivity index (χ4v) is 1.73. The highest BCUT2D eigenvalue weighted by molar-refractivity contribution is 5.98. The largest absolute Gasteiger partial charge is 0.449 e. The van der Waals surface area contributed by atoms with E-state index >= 15 is 0 Å². The Kier molecular flexibility index (Phi) is 2.19. The molecule has 4 heteroatoms. The quantitative estimate of drug-likeness (QED) is 0.813. The normalized spacial score (nSPS) is 11.1. The van der Waals surface area contributed by atoms with Gasteiger partial charge in [0.05, 0.1) is 6.20 Å². The summed E-state index contributed by atoms with van der Waals surface area (Å²) >= 11 is 0. The molecule has 1 amide bonds. The second kappa shape index (κ2) is 3.38. The third-order valence-electron chi connectivity index (χ3n) is 2.33. The van der Waals surface area contributed by atoms with Crippen molar-refractivity contribution in [1.29, 1.82) is 0 Å². The molecule has 0 aliphatic carbocycles. The zero-order chi connectivity index (χ0) is 11.0. The van der Waals surface area contributed by atoms with Crippen LogP contribution in [-0.2, 0) is 0 Å². The maximum absolute atomic E-state index is 11.2. The van der Waals surface area contributed by atoms with Crippen LogP contribution in [0.5, 0.6) is 0 Å². The average molecular weight is 204 g/mol. The molecule has 2 aromatic rings. The van der Waals surface area contributed by atoms with Crippen molar-refractivity contribution in [2.24, 2.45) is 5.73 Å². The number of rotatable bonds is 2. The van der Waals surface area contributed by atoms with Gasteiger partial charge in [0.2, 0.25) is 0 Å². The van der Waals surface area contributed by atoms with Crippen LogP contribution in [0.15, 0.2) is 22.9 Å². The van der Waals surface area contributed by atoms with Gasteiger partial charge in [-0.25, -0.2) is 0 Å². The van der Waals surface area contributed by atoms with Crippen LogP contribution >= 0.6 is 0 Å². The van der Waals surface area contributed by atoms with E-state index in [1.54, 1.807) is 12.4 Å². The van der Waals surface area contributed by atoms with Crippen LogP contribution in [0.1, 0.15) is 35.9 Å². The summed E-state index contributed by atoms with van der Waals surface area (Å²) in [5.41, 5.74) is 6.73. The van der Waals surface area contributed by atoms with E-state index < -0.39 is 5.91 Å². The summed E-state index contributed by atoms with van der Waals surface area (Å²) < 4.78 is 5.38. The molecule has 4 nitrogen and oxygen atoms in total. The molecule has 0 aliphatic heterocycles. The zero-order valence-corrected chi connectivity index (χ0v) is 8.65. The van der Waals surface area contributed by atoms with E-state index in [-0.39, 0.29) is 11.7 Å². The van der Waals surface area contributed by atoms with E-state index in [0.717, 1.165) is 10.9 Å². The highest BCUT2D eigenvalue weighted by Crippen LogP contribution is 2.30. The number of carbonyl (C=O) groups excluding carboxylic acids is 1. The molecule has 0 unspecified atom stereocenters. The van der Waals surface area contributed by atoms with Crippen LogP contribution in [-0.4, -0.2) is 10.9 Å². The van der Waals surface area contributed by atoms with Gasteiger partial charge in [-0.2, -0.15) is 0 Å². The van der Waals surface area contributed by atoms with E-state index in [1.165, 1.54) is 0 Å². The second-order valence-corrected chi connectivity index (χ2v) is 3.74. The van der Waals surface area contributed by atoms with Crippen molar-refractivity contribution in [2.45, 2.75) is 19.8 Å². The molecule has 15 heavy (non-hydrogen) atoms. The first-order valence-corrected chi connectivity index (χ1v) is 4.77. The van der Waals surface area contributed by atoms with Crippen molar-refractivity contribution in [3.05, 3.63) is 29.8 Å². The van der Waals surface area contributed by atoms with Crippen LogP contribution < -0.4 is 5.73 Å². The lowest BCUT2D eigenvalue weighted by Gasteiger charge is -2.03. The predicted octanol–water partition coefficient (Wildman–Crippen LogP) is 2.05. The number of aromatic nitrogens is 1. The Bertz CT molecular complexity index is 514. The minimum Gasteiger partial charge on any atom is -0.449 e. The third-order valence-corrected chi connectivity index (χ3v) is 2.33. The SMILES string of the molecule is CC(C)c1c(C(N)=O)oc2cnccc12. The molecule has 2 rings (SSSR count). The topological polar surface area (TPSA) is 69.1 Å². The van der Waals surface area contributed by atoms with Crippen molar-refractivity contribution in [1.82, 2.24) is 4.98 Å². The van der Waals surface area contributed by atoms with Crippen LogP contribution in [0.2, 0.25) is 0 Å². The number of hydrogen-bond acceptors (Lipinski definition) is 3. The highest BCUT2D eigenvalue weighted by Gasteiger charge is 2.20. The van der Waals surface area contributed by atoms with Crippen molar-refractivity contribution in [3.63, 3.8) is 0 Å². The number of nitrogens with two attached hydrogens (primary N) is 1. The second-order valence-electron chi connectivity index (χ2n) is 3.74. The summed E-state index contributed by atoms with van der Waals surface area (Å²) in [4.78, 5) is 15.1. The number of carbonyl (C=O) groups is 1. The van der Waals surface area contributed by atoms with E-state index in [0.29, 0.717) is 5.58 Å². The average Bonchev–Trinajstić information content (AvgIpc) is 2.56. The molecule has 2 heterocycles. The van der Waals surface area contributed by atoms with Gasteiger partial charge in [-0.1, -0.05) is 13.8 Å². The minimum atomic E-state index is -0.532. The van der Waals surface area contributed by atoms with Gasteiger partial charge < -0.3 is 10.2 Å². The Morgan fingerprint density at radius 1 is 1.53 bits per heavy atom. The molecule has 0 saturated carbocycles. The fourth-order valence-electron chi connectivity index (χ4n) is 1.73. The molecule has 0 saturated heterocycles. The molecule has 0 fully saturated rings. The highest BCUT2D eigenvalue weighted by atomic mass is 16.3. The lowest BCUT2D eigenvalue weighted by molar-refractivity contribution is 0.0974. The molecule has 0 aromatic carbocycles. The molecule has 0 atom stereocenters. The Balaban J connectivity index is 2.80. The summed E-state index contributed by atoms with van der Waals surface area (Å²) in [6, 6.07) is 1.83. The van der Waals surface area contributed by atoms with Gasteiger partial charge in [0.15, 0.2) is 11.3 Å². The number of pyridine rings is 1. The summed E-state index contributed by atoms with van der Waals surface area (Å²) in [6.07, 6.45) is 3.27. The summed E-state index contributed by atoms with van der Waals surface area (Å²) in [5, 5.41) is 0.911. The monoisotopic (exact) mass is 204 g/mol. The van der Waals surface area contributed by atoms with Gasteiger partial charge in [0.1, 0.15) is 0 Å². The van der Waals surface area contributed by atoms with E-state index in [9.17, 15) is 4.79 Å². The Hall–Kier alpha value is -1.84. The fraction of sp³-hybridized carbons (Fsp3) is 0.273. The number of primary amides is 1. The van der Waals surface area contributed by atoms with E-state index in [1.807, 2.05) is 19.9 Å². The number of nitrogens with zero attached hydrogens (tertiary/aromatic N) is 1. The van der Waals surface area contributed by atoms with Crippen LogP contribution in [0.4, 0.5) is 0 Å². The number of hydrogen-bond donors (Lipinski definition) is 1. The van der Waals surface area contributed by atoms with Gasteiger partial charge in [-0.15, -0.1) is 0 Å². The van der Waals surface area contributed by atoms with Crippen molar-refractivity contribution >= 4 is 16.9 Å². The molecular formula is C11H12N2O2. The van der Waals surface area contributed by atoms with Crippen molar-refractivity contribution < 1.29 is 9.21 Å². The summed E-state index contributed by atoms with van der Waals surface area (Å²) in [7, 11) is 0. The third kappa shape index (κ3) is 1.48. The smallest absolute Gasteiger partial charge is 0.284 e. The molecular weight excluding hydrogens is 192 g/mol. The van der Waals surface area contributed by atoms with Crippen LogP contribution in [0, 0.1) is 0 Å². The first kappa shape index (κ1) is 9.71. The Labute approximate surface area is 87.1 Å². The molecule has 0 spiro atoms. The molecule has 0 bridgehead atoms. The van der Waals surface area contributed by atoms with Gasteiger partial charge in [-0.3, -0.25) is 9.78 Å². The zero-order valence-electron chi connectivity index (χ0n) is 8.65. The number of amides is 1. The lowest BCUT2D eigenvalue weighted by atomic mass is 10.00. The lowest BCUT2D eigenvalue weighted by Crippen LogP contribution is -2.12. The van der Waals surface area contributed by atoms with E-state index in [4.69, 9.17) is 10.2 Å². The number of fused-ring (bicyclic) bond motifs is 1. The molecule has 2 N–H and O–H groups in total. The maximum atomic E-state index is 11.2. The molecule has 78 valence electrons.